The Hall–Kier alpha value is -2.07. The molecule has 0 bridgehead atoms. The van der Waals surface area contributed by atoms with E-state index in [1.165, 1.54) is 22.7 Å². The molecule has 0 aliphatic carbocycles. The molecule has 0 spiro atoms. The van der Waals surface area contributed by atoms with E-state index in [1.807, 2.05) is 12.1 Å². The van der Waals surface area contributed by atoms with Gasteiger partial charge in [0.15, 0.2) is 5.78 Å². The molecule has 1 heterocycles. The van der Waals surface area contributed by atoms with E-state index in [9.17, 15) is 4.79 Å². The van der Waals surface area contributed by atoms with Gasteiger partial charge in [-0.3, -0.25) is 4.79 Å². The number of nitrogen functional groups attached to an aromatic ring is 1. The zero-order chi connectivity index (χ0) is 20.1. The quantitative estimate of drug-likeness (QED) is 0.163. The number of nitrogens with two attached hydrogens (primary N) is 1. The van der Waals surface area contributed by atoms with Gasteiger partial charge in [0, 0.05) is 20.6 Å². The fourth-order valence-electron chi connectivity index (χ4n) is 2.07. The molecule has 3 aromatic rings. The smallest absolute Gasteiger partial charge is 0.264 e. The Labute approximate surface area is 183 Å². The molecule has 3 N–H and O–H groups in total. The van der Waals surface area contributed by atoms with Crippen molar-refractivity contribution in [1.29, 1.82) is 0 Å². The number of aromatic nitrogens is 3. The fourth-order valence-corrected chi connectivity index (χ4v) is 3.54. The van der Waals surface area contributed by atoms with Gasteiger partial charge in [0.2, 0.25) is 5.16 Å². The molecular weight excluding hydrogens is 487 g/mol. The van der Waals surface area contributed by atoms with Crippen LogP contribution >= 0.6 is 50.9 Å². The lowest BCUT2D eigenvalue weighted by atomic mass is 10.2. The first-order valence-corrected chi connectivity index (χ1v) is 10.3. The molecule has 28 heavy (non-hydrogen) atoms. The number of thioether (sulfide) groups is 1. The summed E-state index contributed by atoms with van der Waals surface area (Å²) in [6.07, 6.45) is 1.51. The number of ketones is 1. The summed E-state index contributed by atoms with van der Waals surface area (Å²) in [5, 5.41) is 13.3. The molecule has 0 radical (unpaired) electrons. The molecule has 0 aliphatic heterocycles. The second-order valence-electron chi connectivity index (χ2n) is 5.43. The molecule has 0 saturated carbocycles. The maximum Gasteiger partial charge on any atom is 0.264 e. The van der Waals surface area contributed by atoms with Crippen LogP contribution in [0.4, 0.5) is 5.95 Å². The normalized spacial score (nSPS) is 11.1. The Kier molecular flexibility index (Phi) is 6.95. The van der Waals surface area contributed by atoms with Crippen LogP contribution in [0.25, 0.3) is 0 Å². The minimum Gasteiger partial charge on any atom is -0.334 e. The van der Waals surface area contributed by atoms with Crippen LogP contribution in [0.15, 0.2) is 57.2 Å². The van der Waals surface area contributed by atoms with Gasteiger partial charge in [0.05, 0.1) is 17.0 Å². The number of Topliss-reactive ketones (excluding diaryl/α,β-unsaturated/α-hetero) is 1. The first kappa shape index (κ1) is 20.7. The van der Waals surface area contributed by atoms with Gasteiger partial charge in [0.1, 0.15) is 0 Å². The molecule has 11 heteroatoms. The van der Waals surface area contributed by atoms with E-state index in [1.54, 1.807) is 30.3 Å². The number of halogens is 3. The summed E-state index contributed by atoms with van der Waals surface area (Å²) in [5.41, 5.74) is 3.98. The second kappa shape index (κ2) is 9.42. The summed E-state index contributed by atoms with van der Waals surface area (Å²) in [5.74, 6) is 6.32. The Morgan fingerprint density at radius 1 is 1.25 bits per heavy atom. The van der Waals surface area contributed by atoms with Crippen molar-refractivity contribution in [2.24, 2.45) is 5.10 Å². The summed E-state index contributed by atoms with van der Waals surface area (Å²) < 4.78 is 2.13. The number of nitrogens with one attached hydrogen (secondary N) is 1. The van der Waals surface area contributed by atoms with E-state index in [-0.39, 0.29) is 17.5 Å². The van der Waals surface area contributed by atoms with Gasteiger partial charge < -0.3 is 5.84 Å². The lowest BCUT2D eigenvalue weighted by molar-refractivity contribution is 0.102. The second-order valence-corrected chi connectivity index (χ2v) is 8.13. The van der Waals surface area contributed by atoms with Gasteiger partial charge in [-0.15, -0.1) is 10.2 Å². The van der Waals surface area contributed by atoms with E-state index in [4.69, 9.17) is 29.0 Å². The highest BCUT2D eigenvalue weighted by Crippen LogP contribution is 2.21. The number of benzene rings is 2. The van der Waals surface area contributed by atoms with Crippen LogP contribution in [0.5, 0.6) is 0 Å². The van der Waals surface area contributed by atoms with Crippen molar-refractivity contribution in [2.45, 2.75) is 5.16 Å². The zero-order valence-corrected chi connectivity index (χ0v) is 18.1. The van der Waals surface area contributed by atoms with Gasteiger partial charge in [-0.05, 0) is 24.3 Å². The molecule has 0 unspecified atom stereocenters. The third kappa shape index (κ3) is 5.26. The lowest BCUT2D eigenvalue weighted by Gasteiger charge is -2.03. The molecule has 7 nitrogen and oxygen atoms in total. The van der Waals surface area contributed by atoms with Gasteiger partial charge in [-0.25, -0.2) is 10.1 Å². The van der Waals surface area contributed by atoms with E-state index in [2.05, 4.69) is 36.7 Å². The molecule has 0 saturated heterocycles. The average molecular weight is 500 g/mol. The molecule has 0 fully saturated rings. The summed E-state index contributed by atoms with van der Waals surface area (Å²) in [6.45, 7) is 0. The number of hydrogen-bond donors (Lipinski definition) is 2. The number of hydrazone groups is 1. The topological polar surface area (TPSA) is 98.2 Å². The van der Waals surface area contributed by atoms with Crippen LogP contribution < -0.4 is 11.3 Å². The fraction of sp³-hybridized carbons (Fsp3) is 0.0588. The summed E-state index contributed by atoms with van der Waals surface area (Å²) in [6, 6.07) is 12.2. The van der Waals surface area contributed by atoms with Gasteiger partial charge >= 0.3 is 0 Å². The van der Waals surface area contributed by atoms with Crippen LogP contribution in [0.2, 0.25) is 10.0 Å². The van der Waals surface area contributed by atoms with Crippen molar-refractivity contribution in [3.05, 3.63) is 68.1 Å². The predicted molar refractivity (Wildman–Crippen MR) is 117 cm³/mol. The maximum atomic E-state index is 12.2. The molecule has 0 aliphatic rings. The van der Waals surface area contributed by atoms with Gasteiger partial charge in [-0.2, -0.15) is 5.10 Å². The number of hydrogen-bond acceptors (Lipinski definition) is 7. The summed E-state index contributed by atoms with van der Waals surface area (Å²) >= 11 is 16.5. The number of carbonyl (C=O) groups is 1. The molecule has 2 aromatic carbocycles. The van der Waals surface area contributed by atoms with Crippen LogP contribution in [0.3, 0.4) is 0 Å². The first-order valence-electron chi connectivity index (χ1n) is 7.80. The number of anilines is 1. The maximum absolute atomic E-state index is 12.2. The number of carbonyl (C=O) groups excluding carboxylic acids is 1. The Bertz CT molecular complexity index is 1020. The highest BCUT2D eigenvalue weighted by atomic mass is 79.9. The molecular formula is C17H13BrCl2N6OS. The van der Waals surface area contributed by atoms with Crippen molar-refractivity contribution in [3.8, 4) is 0 Å². The van der Waals surface area contributed by atoms with Crippen molar-refractivity contribution >= 4 is 68.8 Å². The minimum absolute atomic E-state index is 0.0367. The number of rotatable bonds is 7. The van der Waals surface area contributed by atoms with Gasteiger partial charge in [0.25, 0.3) is 5.95 Å². The van der Waals surface area contributed by atoms with Crippen molar-refractivity contribution in [2.75, 3.05) is 17.0 Å². The highest BCUT2D eigenvalue weighted by Gasteiger charge is 2.13. The zero-order valence-electron chi connectivity index (χ0n) is 14.1. The largest absolute Gasteiger partial charge is 0.334 e. The minimum atomic E-state index is -0.0367. The predicted octanol–water partition coefficient (Wildman–Crippen LogP) is 4.48. The molecule has 1 aromatic heterocycles. The Morgan fingerprint density at radius 2 is 2.00 bits per heavy atom. The lowest BCUT2D eigenvalue weighted by Crippen LogP contribution is -2.14. The Balaban J connectivity index is 1.59. The third-order valence-electron chi connectivity index (χ3n) is 3.49. The van der Waals surface area contributed by atoms with Crippen LogP contribution in [0, 0.1) is 0 Å². The van der Waals surface area contributed by atoms with Crippen molar-refractivity contribution in [3.63, 3.8) is 0 Å². The monoisotopic (exact) mass is 498 g/mol. The van der Waals surface area contributed by atoms with Crippen LogP contribution in [0.1, 0.15) is 15.9 Å². The van der Waals surface area contributed by atoms with E-state index >= 15 is 0 Å². The highest BCUT2D eigenvalue weighted by molar-refractivity contribution is 9.10. The molecule has 144 valence electrons. The van der Waals surface area contributed by atoms with Crippen LogP contribution in [-0.2, 0) is 0 Å². The Morgan fingerprint density at radius 3 is 2.71 bits per heavy atom. The van der Waals surface area contributed by atoms with E-state index in [0.717, 1.165) is 4.47 Å². The SMILES string of the molecule is Nn1c(N/N=C/c2ccc(Cl)cc2Cl)nnc1SCC(=O)c1ccc(Br)cc1. The van der Waals surface area contributed by atoms with Crippen LogP contribution in [-0.4, -0.2) is 32.6 Å². The van der Waals surface area contributed by atoms with E-state index in [0.29, 0.717) is 26.3 Å². The van der Waals surface area contributed by atoms with E-state index < -0.39 is 0 Å². The summed E-state index contributed by atoms with van der Waals surface area (Å²) in [7, 11) is 0. The average Bonchev–Trinajstić information content (AvgIpc) is 3.02. The van der Waals surface area contributed by atoms with Crippen molar-refractivity contribution in [1.82, 2.24) is 14.9 Å². The summed E-state index contributed by atoms with van der Waals surface area (Å²) in [4.78, 5) is 12.2. The molecule has 0 amide bonds. The first-order chi connectivity index (χ1) is 13.4. The molecule has 0 atom stereocenters. The van der Waals surface area contributed by atoms with Crippen molar-refractivity contribution < 1.29 is 4.79 Å². The third-order valence-corrected chi connectivity index (χ3v) is 5.53. The standard InChI is InChI=1S/C17H13BrCl2N6OS/c18-12-4-1-10(2-5-12)15(27)9-28-17-25-24-16(26(17)21)23-22-8-11-3-6-13(19)7-14(11)20/h1-8H,9,21H2,(H,23,24)/b22-8+. The molecule has 3 rings (SSSR count). The van der Waals surface area contributed by atoms with Gasteiger partial charge in [-0.1, -0.05) is 69.1 Å². The number of nitrogens with zero attached hydrogens (tertiary/aromatic N) is 4.